The first-order valence-corrected chi connectivity index (χ1v) is 8.22. The van der Waals surface area contributed by atoms with Crippen molar-refractivity contribution in [1.82, 2.24) is 5.32 Å². The zero-order chi connectivity index (χ0) is 17.7. The standard InChI is InChI=1S/C18H24N2O4/c1-12(2)17(19-13(3)21)18(23)24-11-16(22)20-10-6-8-14-7-4-5-9-15(14)20/h4-5,7,9,12,17H,6,8,10-11H2,1-3H3,(H,19,21). The van der Waals surface area contributed by atoms with E-state index in [9.17, 15) is 14.4 Å². The fraction of sp³-hybridized carbons (Fsp3) is 0.500. The third-order valence-corrected chi connectivity index (χ3v) is 4.03. The van der Waals surface area contributed by atoms with Crippen LogP contribution in [-0.4, -0.2) is 37.0 Å². The van der Waals surface area contributed by atoms with Gasteiger partial charge >= 0.3 is 5.97 Å². The van der Waals surface area contributed by atoms with Crippen LogP contribution in [0, 0.1) is 5.92 Å². The maximum Gasteiger partial charge on any atom is 0.329 e. The minimum absolute atomic E-state index is 0.118. The van der Waals surface area contributed by atoms with E-state index in [2.05, 4.69) is 5.32 Å². The molecule has 0 spiro atoms. The molecule has 2 amide bonds. The molecule has 2 rings (SSSR count). The van der Waals surface area contributed by atoms with Crippen molar-refractivity contribution in [2.24, 2.45) is 5.92 Å². The Labute approximate surface area is 142 Å². The van der Waals surface area contributed by atoms with Gasteiger partial charge in [-0.1, -0.05) is 32.0 Å². The summed E-state index contributed by atoms with van der Waals surface area (Å²) in [5, 5.41) is 2.56. The summed E-state index contributed by atoms with van der Waals surface area (Å²) >= 11 is 0. The topological polar surface area (TPSA) is 75.7 Å². The SMILES string of the molecule is CC(=O)NC(C(=O)OCC(=O)N1CCCc2ccccc21)C(C)C. The van der Waals surface area contributed by atoms with Crippen molar-refractivity contribution in [3.63, 3.8) is 0 Å². The number of hydrogen-bond donors (Lipinski definition) is 1. The van der Waals surface area contributed by atoms with E-state index in [1.807, 2.05) is 38.1 Å². The van der Waals surface area contributed by atoms with Gasteiger partial charge in [0.25, 0.3) is 5.91 Å². The Morgan fingerprint density at radius 1 is 1.25 bits per heavy atom. The second kappa shape index (κ2) is 7.95. The highest BCUT2D eigenvalue weighted by Gasteiger charge is 2.27. The van der Waals surface area contributed by atoms with E-state index in [0.717, 1.165) is 24.1 Å². The zero-order valence-electron chi connectivity index (χ0n) is 14.4. The summed E-state index contributed by atoms with van der Waals surface area (Å²) < 4.78 is 5.15. The van der Waals surface area contributed by atoms with Gasteiger partial charge in [0.1, 0.15) is 6.04 Å². The summed E-state index contributed by atoms with van der Waals surface area (Å²) in [4.78, 5) is 37.4. The molecule has 1 aliphatic heterocycles. The molecule has 6 heteroatoms. The molecule has 1 atom stereocenters. The van der Waals surface area contributed by atoms with Crippen molar-refractivity contribution in [3.8, 4) is 0 Å². The van der Waals surface area contributed by atoms with Crippen LogP contribution >= 0.6 is 0 Å². The second-order valence-electron chi connectivity index (χ2n) is 6.31. The number of nitrogens with one attached hydrogen (secondary N) is 1. The molecule has 1 N–H and O–H groups in total. The quantitative estimate of drug-likeness (QED) is 0.832. The van der Waals surface area contributed by atoms with Crippen LogP contribution in [-0.2, 0) is 25.5 Å². The van der Waals surface area contributed by atoms with Crippen LogP contribution in [0.25, 0.3) is 0 Å². The molecule has 0 saturated carbocycles. The lowest BCUT2D eigenvalue weighted by Gasteiger charge is -2.29. The maximum absolute atomic E-state index is 12.4. The molecule has 1 aromatic rings. The number of hydrogen-bond acceptors (Lipinski definition) is 4. The van der Waals surface area contributed by atoms with Crippen LogP contribution in [0.15, 0.2) is 24.3 Å². The van der Waals surface area contributed by atoms with E-state index >= 15 is 0 Å². The summed E-state index contributed by atoms with van der Waals surface area (Å²) in [7, 11) is 0. The zero-order valence-corrected chi connectivity index (χ0v) is 14.4. The van der Waals surface area contributed by atoms with E-state index in [1.165, 1.54) is 6.92 Å². The first kappa shape index (κ1) is 18.0. The number of rotatable bonds is 5. The van der Waals surface area contributed by atoms with Crippen LogP contribution in [0.4, 0.5) is 5.69 Å². The molecule has 0 aliphatic carbocycles. The Bertz CT molecular complexity index is 627. The normalized spacial score (nSPS) is 14.8. The number of anilines is 1. The minimum atomic E-state index is -0.746. The molecule has 130 valence electrons. The number of para-hydroxylation sites is 1. The van der Waals surface area contributed by atoms with Crippen molar-refractivity contribution in [2.75, 3.05) is 18.1 Å². The largest absolute Gasteiger partial charge is 0.454 e. The van der Waals surface area contributed by atoms with E-state index in [0.29, 0.717) is 6.54 Å². The highest BCUT2D eigenvalue weighted by Crippen LogP contribution is 2.26. The van der Waals surface area contributed by atoms with Gasteiger partial charge in [0.15, 0.2) is 6.61 Å². The van der Waals surface area contributed by atoms with Crippen molar-refractivity contribution in [1.29, 1.82) is 0 Å². The van der Waals surface area contributed by atoms with Crippen LogP contribution in [0.2, 0.25) is 0 Å². The van der Waals surface area contributed by atoms with E-state index in [-0.39, 0.29) is 24.3 Å². The number of benzene rings is 1. The van der Waals surface area contributed by atoms with Crippen molar-refractivity contribution in [2.45, 2.75) is 39.7 Å². The molecule has 1 unspecified atom stereocenters. The highest BCUT2D eigenvalue weighted by molar-refractivity contribution is 5.96. The van der Waals surface area contributed by atoms with Gasteiger partial charge in [-0.15, -0.1) is 0 Å². The smallest absolute Gasteiger partial charge is 0.329 e. The lowest BCUT2D eigenvalue weighted by atomic mass is 10.0. The highest BCUT2D eigenvalue weighted by atomic mass is 16.5. The van der Waals surface area contributed by atoms with E-state index in [1.54, 1.807) is 4.90 Å². The molecule has 0 saturated heterocycles. The Hall–Kier alpha value is -2.37. The second-order valence-corrected chi connectivity index (χ2v) is 6.31. The lowest BCUT2D eigenvalue weighted by Crippen LogP contribution is -2.46. The summed E-state index contributed by atoms with van der Waals surface area (Å²) in [6.07, 6.45) is 1.83. The molecule has 1 aliphatic rings. The number of aryl methyl sites for hydroxylation is 1. The number of esters is 1. The first-order valence-electron chi connectivity index (χ1n) is 8.22. The van der Waals surface area contributed by atoms with Crippen LogP contribution < -0.4 is 10.2 Å². The summed E-state index contributed by atoms with van der Waals surface area (Å²) in [5.41, 5.74) is 2.01. The molecule has 0 aromatic heterocycles. The van der Waals surface area contributed by atoms with Gasteiger partial charge in [-0.25, -0.2) is 4.79 Å². The Balaban J connectivity index is 1.98. The third kappa shape index (κ3) is 4.34. The first-order chi connectivity index (χ1) is 11.4. The molecule has 1 aromatic carbocycles. The van der Waals surface area contributed by atoms with Gasteiger partial charge in [0.2, 0.25) is 5.91 Å². The predicted octanol–water partition coefficient (Wildman–Crippen LogP) is 1.67. The Morgan fingerprint density at radius 3 is 2.62 bits per heavy atom. The Kier molecular flexibility index (Phi) is 5.95. The van der Waals surface area contributed by atoms with Crippen LogP contribution in [0.3, 0.4) is 0 Å². The van der Waals surface area contributed by atoms with Gasteiger partial charge < -0.3 is 15.0 Å². The Morgan fingerprint density at radius 2 is 1.96 bits per heavy atom. The molecule has 6 nitrogen and oxygen atoms in total. The number of carbonyl (C=O) groups excluding carboxylic acids is 3. The van der Waals surface area contributed by atoms with Crippen molar-refractivity contribution >= 4 is 23.5 Å². The molecular weight excluding hydrogens is 308 g/mol. The third-order valence-electron chi connectivity index (χ3n) is 4.03. The van der Waals surface area contributed by atoms with Crippen LogP contribution in [0.1, 0.15) is 32.8 Å². The minimum Gasteiger partial charge on any atom is -0.454 e. The van der Waals surface area contributed by atoms with Gasteiger partial charge in [-0.3, -0.25) is 9.59 Å². The fourth-order valence-corrected chi connectivity index (χ4v) is 2.81. The molecule has 0 radical (unpaired) electrons. The van der Waals surface area contributed by atoms with Crippen LogP contribution in [0.5, 0.6) is 0 Å². The maximum atomic E-state index is 12.4. The van der Waals surface area contributed by atoms with Crippen molar-refractivity contribution in [3.05, 3.63) is 29.8 Å². The number of ether oxygens (including phenoxy) is 1. The molecule has 0 fully saturated rings. The number of amides is 2. The molecule has 0 bridgehead atoms. The number of carbonyl (C=O) groups is 3. The van der Waals surface area contributed by atoms with Gasteiger partial charge in [0, 0.05) is 19.2 Å². The summed E-state index contributed by atoms with van der Waals surface area (Å²) in [5.74, 6) is -1.26. The van der Waals surface area contributed by atoms with Gasteiger partial charge in [-0.05, 0) is 30.4 Å². The molecule has 24 heavy (non-hydrogen) atoms. The molecule has 1 heterocycles. The average Bonchev–Trinajstić information content (AvgIpc) is 2.56. The monoisotopic (exact) mass is 332 g/mol. The van der Waals surface area contributed by atoms with E-state index in [4.69, 9.17) is 4.74 Å². The van der Waals surface area contributed by atoms with Crippen molar-refractivity contribution < 1.29 is 19.1 Å². The predicted molar refractivity (Wildman–Crippen MR) is 90.5 cm³/mol. The fourth-order valence-electron chi connectivity index (χ4n) is 2.81. The number of fused-ring (bicyclic) bond motifs is 1. The lowest BCUT2D eigenvalue weighted by molar-refractivity contribution is -0.152. The molecular formula is C18H24N2O4. The average molecular weight is 332 g/mol. The summed E-state index contributed by atoms with van der Waals surface area (Å²) in [6, 6.07) is 7.01. The summed E-state index contributed by atoms with van der Waals surface area (Å²) in [6.45, 7) is 5.26. The van der Waals surface area contributed by atoms with Gasteiger partial charge in [-0.2, -0.15) is 0 Å². The number of nitrogens with zero attached hydrogens (tertiary/aromatic N) is 1. The van der Waals surface area contributed by atoms with Gasteiger partial charge in [0.05, 0.1) is 0 Å². The van der Waals surface area contributed by atoms with E-state index < -0.39 is 12.0 Å².